The van der Waals surface area contributed by atoms with Gasteiger partial charge in [-0.05, 0) is 55.2 Å². The minimum Gasteiger partial charge on any atom is -0.482 e. The van der Waals surface area contributed by atoms with Gasteiger partial charge in [0, 0.05) is 17.5 Å². The van der Waals surface area contributed by atoms with E-state index in [1.807, 2.05) is 6.92 Å². The number of carbonyl (C=O) groups is 2. The molecule has 31 heavy (non-hydrogen) atoms. The lowest BCUT2D eigenvalue weighted by atomic mass is 9.75. The van der Waals surface area contributed by atoms with Gasteiger partial charge < -0.3 is 18.6 Å². The summed E-state index contributed by atoms with van der Waals surface area (Å²) in [5.74, 6) is 0.407. The topological polar surface area (TPSA) is 92.0 Å². The van der Waals surface area contributed by atoms with Crippen LogP contribution in [0.1, 0.15) is 45.6 Å². The van der Waals surface area contributed by atoms with Gasteiger partial charge in [-0.1, -0.05) is 27.2 Å². The van der Waals surface area contributed by atoms with Crippen LogP contribution in [0.4, 0.5) is 0 Å². The van der Waals surface area contributed by atoms with E-state index in [9.17, 15) is 14.4 Å². The molecule has 1 aromatic carbocycles. The molecule has 3 atom stereocenters. The summed E-state index contributed by atoms with van der Waals surface area (Å²) >= 11 is 0. The molecule has 0 radical (unpaired) electrons. The molecule has 7 nitrogen and oxygen atoms in total. The maximum Gasteiger partial charge on any atom is 0.344 e. The van der Waals surface area contributed by atoms with E-state index in [0.29, 0.717) is 29.1 Å². The third-order valence-electron chi connectivity index (χ3n) is 5.87. The van der Waals surface area contributed by atoms with Crippen LogP contribution in [-0.4, -0.2) is 31.3 Å². The zero-order valence-corrected chi connectivity index (χ0v) is 18.5. The van der Waals surface area contributed by atoms with E-state index in [0.717, 1.165) is 30.2 Å². The van der Waals surface area contributed by atoms with E-state index in [1.54, 1.807) is 18.2 Å². The molecule has 0 N–H and O–H groups in total. The van der Waals surface area contributed by atoms with Gasteiger partial charge in [0.1, 0.15) is 17.4 Å². The second-order valence-corrected chi connectivity index (χ2v) is 8.71. The van der Waals surface area contributed by atoms with Crippen LogP contribution in [0.3, 0.4) is 0 Å². The number of benzene rings is 1. The number of esters is 2. The molecular formula is C24H30O7. The van der Waals surface area contributed by atoms with Crippen molar-refractivity contribution in [3.63, 3.8) is 0 Å². The van der Waals surface area contributed by atoms with E-state index < -0.39 is 24.2 Å². The molecule has 168 valence electrons. The van der Waals surface area contributed by atoms with E-state index in [-0.39, 0.29) is 12.7 Å². The van der Waals surface area contributed by atoms with Crippen molar-refractivity contribution < 1.29 is 28.2 Å². The van der Waals surface area contributed by atoms with Crippen LogP contribution in [0.15, 0.2) is 33.5 Å². The van der Waals surface area contributed by atoms with Gasteiger partial charge in [-0.3, -0.25) is 0 Å². The number of aryl methyl sites for hydroxylation is 1. The minimum atomic E-state index is -0.680. The van der Waals surface area contributed by atoms with Crippen molar-refractivity contribution in [1.29, 1.82) is 0 Å². The first-order chi connectivity index (χ1) is 14.7. The summed E-state index contributed by atoms with van der Waals surface area (Å²) in [7, 11) is 0. The standard InChI is InChI=1S/C24H30O7/c1-14(2)18-7-5-15(3)9-20(18)31-24(27)13-29-23(26)12-28-17-6-8-19-16(4)10-22(25)30-21(19)11-17/h6,8,10-11,14-15,18,20H,5,7,9,12-13H2,1-4H3. The summed E-state index contributed by atoms with van der Waals surface area (Å²) in [6.45, 7) is 7.44. The Morgan fingerprint density at radius 3 is 2.65 bits per heavy atom. The van der Waals surface area contributed by atoms with Gasteiger partial charge in [0.05, 0.1) is 0 Å². The Kier molecular flexibility index (Phi) is 7.36. The van der Waals surface area contributed by atoms with Crippen molar-refractivity contribution in [2.24, 2.45) is 17.8 Å². The Hall–Kier alpha value is -2.83. The Bertz CT molecular complexity index is 991. The third-order valence-corrected chi connectivity index (χ3v) is 5.87. The molecule has 1 aliphatic rings. The first-order valence-electron chi connectivity index (χ1n) is 10.8. The normalized spacial score (nSPS) is 21.1. The molecule has 3 rings (SSSR count). The quantitative estimate of drug-likeness (QED) is 0.484. The largest absolute Gasteiger partial charge is 0.482 e. The van der Waals surface area contributed by atoms with E-state index in [2.05, 4.69) is 20.8 Å². The summed E-state index contributed by atoms with van der Waals surface area (Å²) in [5, 5.41) is 0.786. The van der Waals surface area contributed by atoms with Crippen LogP contribution in [0, 0.1) is 24.7 Å². The maximum atomic E-state index is 12.2. The lowest BCUT2D eigenvalue weighted by molar-refractivity contribution is -0.167. The molecule has 0 aliphatic heterocycles. The van der Waals surface area contributed by atoms with Crippen LogP contribution < -0.4 is 10.4 Å². The SMILES string of the molecule is Cc1cc(=O)oc2cc(OCC(=O)OCC(=O)OC3CC(C)CCC3C(C)C)ccc12. The fourth-order valence-corrected chi connectivity index (χ4v) is 4.17. The van der Waals surface area contributed by atoms with Gasteiger partial charge in [-0.2, -0.15) is 0 Å². The van der Waals surface area contributed by atoms with Crippen molar-refractivity contribution in [3.05, 3.63) is 40.2 Å². The van der Waals surface area contributed by atoms with Gasteiger partial charge >= 0.3 is 17.6 Å². The number of hydrogen-bond donors (Lipinski definition) is 0. The van der Waals surface area contributed by atoms with Crippen molar-refractivity contribution in [3.8, 4) is 5.75 Å². The molecule has 1 aromatic heterocycles. The summed E-state index contributed by atoms with van der Waals surface area (Å²) < 4.78 is 21.2. The van der Waals surface area contributed by atoms with Crippen LogP contribution in [0.2, 0.25) is 0 Å². The average molecular weight is 430 g/mol. The van der Waals surface area contributed by atoms with Gasteiger partial charge in [0.15, 0.2) is 13.2 Å². The van der Waals surface area contributed by atoms with E-state index in [1.165, 1.54) is 6.07 Å². The number of fused-ring (bicyclic) bond motifs is 1. The molecule has 0 saturated heterocycles. The molecule has 0 bridgehead atoms. The highest BCUT2D eigenvalue weighted by molar-refractivity contribution is 5.81. The minimum absolute atomic E-state index is 0.137. The van der Waals surface area contributed by atoms with Crippen molar-refractivity contribution in [2.45, 2.75) is 53.1 Å². The van der Waals surface area contributed by atoms with Gasteiger partial charge in [0.25, 0.3) is 0 Å². The van der Waals surface area contributed by atoms with Gasteiger partial charge in [0.2, 0.25) is 0 Å². The predicted molar refractivity (Wildman–Crippen MR) is 115 cm³/mol. The fourth-order valence-electron chi connectivity index (χ4n) is 4.17. The molecule has 0 spiro atoms. The smallest absolute Gasteiger partial charge is 0.344 e. The second kappa shape index (κ2) is 9.98. The average Bonchev–Trinajstić information content (AvgIpc) is 2.70. The fraction of sp³-hybridized carbons (Fsp3) is 0.542. The summed E-state index contributed by atoms with van der Waals surface area (Å²) in [6, 6.07) is 6.38. The first kappa shape index (κ1) is 22.8. The van der Waals surface area contributed by atoms with E-state index >= 15 is 0 Å². The third kappa shape index (κ3) is 6.09. The maximum absolute atomic E-state index is 12.2. The highest BCUT2D eigenvalue weighted by Crippen LogP contribution is 2.35. The Labute approximate surface area is 181 Å². The Morgan fingerprint density at radius 1 is 1.13 bits per heavy atom. The molecular weight excluding hydrogens is 400 g/mol. The number of ether oxygens (including phenoxy) is 3. The molecule has 1 saturated carbocycles. The number of carbonyl (C=O) groups excluding carboxylic acids is 2. The van der Waals surface area contributed by atoms with Gasteiger partial charge in [-0.25, -0.2) is 14.4 Å². The summed E-state index contributed by atoms with van der Waals surface area (Å²) in [4.78, 5) is 35.7. The molecule has 1 fully saturated rings. The lowest BCUT2D eigenvalue weighted by Gasteiger charge is -2.36. The van der Waals surface area contributed by atoms with Crippen molar-refractivity contribution >= 4 is 22.9 Å². The van der Waals surface area contributed by atoms with Crippen LogP contribution in [0.25, 0.3) is 11.0 Å². The van der Waals surface area contributed by atoms with Crippen LogP contribution >= 0.6 is 0 Å². The van der Waals surface area contributed by atoms with Crippen molar-refractivity contribution in [2.75, 3.05) is 13.2 Å². The number of hydrogen-bond acceptors (Lipinski definition) is 7. The second-order valence-electron chi connectivity index (χ2n) is 8.71. The van der Waals surface area contributed by atoms with Crippen molar-refractivity contribution in [1.82, 2.24) is 0 Å². The monoisotopic (exact) mass is 430 g/mol. The lowest BCUT2D eigenvalue weighted by Crippen LogP contribution is -2.37. The molecule has 1 heterocycles. The molecule has 0 amide bonds. The highest BCUT2D eigenvalue weighted by atomic mass is 16.6. The van der Waals surface area contributed by atoms with Crippen LogP contribution in [0.5, 0.6) is 5.75 Å². The Balaban J connectivity index is 1.48. The Morgan fingerprint density at radius 2 is 1.90 bits per heavy atom. The molecule has 2 aromatic rings. The molecule has 7 heteroatoms. The molecule has 1 aliphatic carbocycles. The zero-order chi connectivity index (χ0) is 22.5. The highest BCUT2D eigenvalue weighted by Gasteiger charge is 2.33. The summed E-state index contributed by atoms with van der Waals surface area (Å²) in [6.07, 6.45) is 2.88. The predicted octanol–water partition coefficient (Wildman–Crippen LogP) is 4.03. The van der Waals surface area contributed by atoms with Crippen LogP contribution in [-0.2, 0) is 19.1 Å². The number of rotatable bonds is 7. The van der Waals surface area contributed by atoms with Gasteiger partial charge in [-0.15, -0.1) is 0 Å². The zero-order valence-electron chi connectivity index (χ0n) is 18.5. The summed E-state index contributed by atoms with van der Waals surface area (Å²) in [5.41, 5.74) is 0.718. The van der Waals surface area contributed by atoms with E-state index in [4.69, 9.17) is 18.6 Å². The molecule has 3 unspecified atom stereocenters. The first-order valence-corrected chi connectivity index (χ1v) is 10.8.